The minimum atomic E-state index is 0.287. The Bertz CT molecular complexity index is 232. The fourth-order valence-corrected chi connectivity index (χ4v) is 3.69. The molecule has 0 aromatic rings. The van der Waals surface area contributed by atoms with E-state index in [9.17, 15) is 0 Å². The van der Waals surface area contributed by atoms with Crippen LogP contribution in [0.1, 0.15) is 51.9 Å². The molecule has 100 valence electrons. The summed E-state index contributed by atoms with van der Waals surface area (Å²) in [4.78, 5) is 2.67. The van der Waals surface area contributed by atoms with Gasteiger partial charge in [-0.05, 0) is 39.2 Å². The minimum Gasteiger partial charge on any atom is -0.380 e. The Kier molecular flexibility index (Phi) is 4.83. The molecule has 0 spiro atoms. The molecular weight excluding hydrogens is 212 g/mol. The number of ether oxygens (including phenoxy) is 1. The second kappa shape index (κ2) is 6.17. The molecule has 1 aliphatic carbocycles. The van der Waals surface area contributed by atoms with Crippen molar-refractivity contribution in [3.05, 3.63) is 0 Å². The van der Waals surface area contributed by atoms with Crippen LogP contribution in [0.15, 0.2) is 0 Å². The van der Waals surface area contributed by atoms with Crippen LogP contribution in [0.3, 0.4) is 0 Å². The number of hydrogen-bond acceptors (Lipinski definition) is 3. The topological polar surface area (TPSA) is 38.5 Å². The molecule has 0 aromatic heterocycles. The van der Waals surface area contributed by atoms with Crippen molar-refractivity contribution in [3.63, 3.8) is 0 Å². The van der Waals surface area contributed by atoms with Gasteiger partial charge < -0.3 is 10.5 Å². The fraction of sp³-hybridized carbons (Fsp3) is 1.00. The molecule has 1 saturated heterocycles. The van der Waals surface area contributed by atoms with Crippen LogP contribution in [-0.4, -0.2) is 42.8 Å². The van der Waals surface area contributed by atoms with Gasteiger partial charge in [0.1, 0.15) is 0 Å². The standard InChI is InChI=1S/C14H28N2O/c1-11(15)12-7-5-6-10-16(12)13-8-3-4-9-14(13)17-2/h11-14H,3-10,15H2,1-2H3. The summed E-state index contributed by atoms with van der Waals surface area (Å²) in [6.45, 7) is 3.38. The Hall–Kier alpha value is -0.120. The van der Waals surface area contributed by atoms with Gasteiger partial charge in [-0.3, -0.25) is 4.90 Å². The fourth-order valence-electron chi connectivity index (χ4n) is 3.69. The maximum absolute atomic E-state index is 6.17. The SMILES string of the molecule is COC1CCCCC1N1CCCCC1C(C)N. The van der Waals surface area contributed by atoms with Gasteiger partial charge in [-0.25, -0.2) is 0 Å². The Balaban J connectivity index is 2.05. The highest BCUT2D eigenvalue weighted by Gasteiger charge is 2.36. The van der Waals surface area contributed by atoms with Gasteiger partial charge in [0, 0.05) is 25.2 Å². The van der Waals surface area contributed by atoms with Crippen molar-refractivity contribution in [2.75, 3.05) is 13.7 Å². The zero-order valence-electron chi connectivity index (χ0n) is 11.4. The van der Waals surface area contributed by atoms with E-state index in [2.05, 4.69) is 11.8 Å². The molecule has 0 radical (unpaired) electrons. The molecule has 0 amide bonds. The van der Waals surface area contributed by atoms with Crippen LogP contribution in [0.2, 0.25) is 0 Å². The van der Waals surface area contributed by atoms with Crippen molar-refractivity contribution in [2.24, 2.45) is 5.73 Å². The Morgan fingerprint density at radius 1 is 1.12 bits per heavy atom. The highest BCUT2D eigenvalue weighted by molar-refractivity contribution is 4.92. The lowest BCUT2D eigenvalue weighted by atomic mass is 9.86. The number of nitrogens with zero attached hydrogens (tertiary/aromatic N) is 1. The summed E-state index contributed by atoms with van der Waals surface area (Å²) < 4.78 is 5.70. The van der Waals surface area contributed by atoms with Crippen LogP contribution in [0.25, 0.3) is 0 Å². The normalized spacial score (nSPS) is 37.9. The molecule has 3 nitrogen and oxygen atoms in total. The van der Waals surface area contributed by atoms with Crippen molar-refractivity contribution in [1.82, 2.24) is 4.90 Å². The third-order valence-corrected chi connectivity index (χ3v) is 4.60. The van der Waals surface area contributed by atoms with Gasteiger partial charge in [-0.1, -0.05) is 19.3 Å². The molecule has 2 N–H and O–H groups in total. The maximum atomic E-state index is 6.17. The van der Waals surface area contributed by atoms with E-state index in [0.29, 0.717) is 18.2 Å². The van der Waals surface area contributed by atoms with Gasteiger partial charge in [-0.15, -0.1) is 0 Å². The lowest BCUT2D eigenvalue weighted by Crippen LogP contribution is -2.57. The summed E-state index contributed by atoms with van der Waals surface area (Å²) in [5, 5.41) is 0. The molecule has 1 heterocycles. The predicted octanol–water partition coefficient (Wildman–Crippen LogP) is 2.15. The summed E-state index contributed by atoms with van der Waals surface area (Å²) in [7, 11) is 1.87. The van der Waals surface area contributed by atoms with Crippen LogP contribution in [-0.2, 0) is 4.74 Å². The number of nitrogens with two attached hydrogens (primary N) is 1. The number of piperidine rings is 1. The van der Waals surface area contributed by atoms with Crippen molar-refractivity contribution in [3.8, 4) is 0 Å². The molecule has 2 rings (SSSR count). The number of rotatable bonds is 3. The molecule has 2 aliphatic rings. The molecule has 0 bridgehead atoms. The van der Waals surface area contributed by atoms with E-state index >= 15 is 0 Å². The summed E-state index contributed by atoms with van der Waals surface area (Å²) in [5.74, 6) is 0. The van der Waals surface area contributed by atoms with E-state index in [0.717, 1.165) is 0 Å². The first-order valence-electron chi connectivity index (χ1n) is 7.28. The zero-order chi connectivity index (χ0) is 12.3. The van der Waals surface area contributed by atoms with Crippen LogP contribution in [0.5, 0.6) is 0 Å². The molecule has 3 heteroatoms. The summed E-state index contributed by atoms with van der Waals surface area (Å²) in [5.41, 5.74) is 6.17. The lowest BCUT2D eigenvalue weighted by molar-refractivity contribution is -0.0406. The second-order valence-corrected chi connectivity index (χ2v) is 5.79. The minimum absolute atomic E-state index is 0.287. The first-order valence-corrected chi connectivity index (χ1v) is 7.28. The van der Waals surface area contributed by atoms with E-state index in [1.807, 2.05) is 7.11 Å². The molecule has 1 aliphatic heterocycles. The van der Waals surface area contributed by atoms with Crippen molar-refractivity contribution in [1.29, 1.82) is 0 Å². The summed E-state index contributed by atoms with van der Waals surface area (Å²) >= 11 is 0. The first-order chi connectivity index (χ1) is 8.24. The second-order valence-electron chi connectivity index (χ2n) is 5.79. The molecule has 17 heavy (non-hydrogen) atoms. The van der Waals surface area contributed by atoms with E-state index in [1.165, 1.54) is 51.5 Å². The van der Waals surface area contributed by atoms with Gasteiger partial charge in [0.05, 0.1) is 6.10 Å². The van der Waals surface area contributed by atoms with Gasteiger partial charge in [-0.2, -0.15) is 0 Å². The summed E-state index contributed by atoms with van der Waals surface area (Å²) in [6.07, 6.45) is 9.57. The third-order valence-electron chi connectivity index (χ3n) is 4.60. The average molecular weight is 240 g/mol. The highest BCUT2D eigenvalue weighted by atomic mass is 16.5. The number of methoxy groups -OCH3 is 1. The van der Waals surface area contributed by atoms with E-state index in [1.54, 1.807) is 0 Å². The van der Waals surface area contributed by atoms with Gasteiger partial charge in [0.2, 0.25) is 0 Å². The Labute approximate surface area is 106 Å². The van der Waals surface area contributed by atoms with E-state index < -0.39 is 0 Å². The van der Waals surface area contributed by atoms with Crippen LogP contribution in [0.4, 0.5) is 0 Å². The molecule has 0 aromatic carbocycles. The Morgan fingerprint density at radius 3 is 2.53 bits per heavy atom. The van der Waals surface area contributed by atoms with Crippen molar-refractivity contribution < 1.29 is 4.74 Å². The van der Waals surface area contributed by atoms with Crippen LogP contribution < -0.4 is 5.73 Å². The monoisotopic (exact) mass is 240 g/mol. The van der Waals surface area contributed by atoms with Gasteiger partial charge >= 0.3 is 0 Å². The zero-order valence-corrected chi connectivity index (χ0v) is 11.4. The van der Waals surface area contributed by atoms with Crippen LogP contribution >= 0.6 is 0 Å². The van der Waals surface area contributed by atoms with Crippen molar-refractivity contribution >= 4 is 0 Å². The average Bonchev–Trinajstić information content (AvgIpc) is 2.38. The largest absolute Gasteiger partial charge is 0.380 e. The smallest absolute Gasteiger partial charge is 0.0726 e. The molecule has 4 unspecified atom stereocenters. The Morgan fingerprint density at radius 2 is 1.82 bits per heavy atom. The first kappa shape index (κ1) is 13.3. The van der Waals surface area contributed by atoms with E-state index in [4.69, 9.17) is 10.5 Å². The highest BCUT2D eigenvalue weighted by Crippen LogP contribution is 2.30. The molecular formula is C14H28N2O. The van der Waals surface area contributed by atoms with Crippen LogP contribution in [0, 0.1) is 0 Å². The number of likely N-dealkylation sites (tertiary alicyclic amines) is 1. The van der Waals surface area contributed by atoms with Gasteiger partial charge in [0.15, 0.2) is 0 Å². The van der Waals surface area contributed by atoms with Gasteiger partial charge in [0.25, 0.3) is 0 Å². The quantitative estimate of drug-likeness (QED) is 0.821. The lowest BCUT2D eigenvalue weighted by Gasteiger charge is -2.47. The number of hydrogen-bond donors (Lipinski definition) is 1. The molecule has 1 saturated carbocycles. The third kappa shape index (κ3) is 3.01. The van der Waals surface area contributed by atoms with E-state index in [-0.39, 0.29) is 6.04 Å². The summed E-state index contributed by atoms with van der Waals surface area (Å²) in [6, 6.07) is 1.48. The molecule has 2 fully saturated rings. The van der Waals surface area contributed by atoms with Crippen molar-refractivity contribution in [2.45, 2.75) is 76.1 Å². The predicted molar refractivity (Wildman–Crippen MR) is 71.0 cm³/mol. The maximum Gasteiger partial charge on any atom is 0.0726 e. The molecule has 4 atom stereocenters.